The summed E-state index contributed by atoms with van der Waals surface area (Å²) < 4.78 is 1.13. The highest BCUT2D eigenvalue weighted by Crippen LogP contribution is 2.31. The molecule has 0 unspecified atom stereocenters. The van der Waals surface area contributed by atoms with E-state index in [1.54, 1.807) is 6.20 Å². The lowest BCUT2D eigenvalue weighted by Crippen LogP contribution is -2.11. The molecule has 0 saturated heterocycles. The van der Waals surface area contributed by atoms with E-state index in [1.165, 1.54) is 34.3 Å². The summed E-state index contributed by atoms with van der Waals surface area (Å²) in [5.74, 6) is 0. The number of benzene rings is 1. The molecule has 0 radical (unpaired) electrons. The Kier molecular flexibility index (Phi) is 3.54. The molecular formula is C18H16BrN3. The van der Waals surface area contributed by atoms with E-state index in [4.69, 9.17) is 4.99 Å². The molecule has 0 spiro atoms. The van der Waals surface area contributed by atoms with E-state index >= 15 is 0 Å². The maximum atomic E-state index is 4.85. The number of H-pyrrole nitrogens is 1. The van der Waals surface area contributed by atoms with Crippen LogP contribution in [-0.2, 0) is 13.0 Å². The van der Waals surface area contributed by atoms with E-state index in [0.29, 0.717) is 6.54 Å². The standard InChI is InChI=1S/C18H16BrN3/c19-13-6-7-16-15(9-13)14-4-1-5-17(18(14)22-16)21-11-12-3-2-8-20-10-12/h2-3,6-10,22H,1,4-5,11H2. The van der Waals surface area contributed by atoms with Crippen LogP contribution in [0.3, 0.4) is 0 Å². The molecule has 0 aliphatic heterocycles. The Morgan fingerprint density at radius 1 is 1.23 bits per heavy atom. The van der Waals surface area contributed by atoms with Crippen molar-refractivity contribution in [1.29, 1.82) is 0 Å². The number of nitrogens with zero attached hydrogens (tertiary/aromatic N) is 2. The largest absolute Gasteiger partial charge is 0.353 e. The van der Waals surface area contributed by atoms with Crippen molar-refractivity contribution in [1.82, 2.24) is 9.97 Å². The van der Waals surface area contributed by atoms with Crippen molar-refractivity contribution in [3.63, 3.8) is 0 Å². The molecule has 1 aliphatic rings. The molecule has 110 valence electrons. The Hall–Kier alpha value is -1.94. The van der Waals surface area contributed by atoms with Gasteiger partial charge in [-0.15, -0.1) is 0 Å². The number of hydrogen-bond donors (Lipinski definition) is 1. The number of aliphatic imine (C=N–C) groups is 1. The van der Waals surface area contributed by atoms with E-state index in [9.17, 15) is 0 Å². The summed E-state index contributed by atoms with van der Waals surface area (Å²) in [6.45, 7) is 0.696. The molecule has 4 heteroatoms. The minimum Gasteiger partial charge on any atom is -0.353 e. The quantitative estimate of drug-likeness (QED) is 0.715. The van der Waals surface area contributed by atoms with Crippen LogP contribution in [0.15, 0.2) is 52.2 Å². The second kappa shape index (κ2) is 5.69. The molecule has 4 rings (SSSR count). The average Bonchev–Trinajstić information content (AvgIpc) is 2.92. The van der Waals surface area contributed by atoms with Gasteiger partial charge in [-0.2, -0.15) is 0 Å². The Morgan fingerprint density at radius 3 is 3.05 bits per heavy atom. The number of aromatic nitrogens is 2. The lowest BCUT2D eigenvalue weighted by atomic mass is 9.94. The fourth-order valence-electron chi connectivity index (χ4n) is 3.12. The highest BCUT2D eigenvalue weighted by Gasteiger charge is 2.20. The second-order valence-electron chi connectivity index (χ2n) is 5.65. The molecule has 1 N–H and O–H groups in total. The number of pyridine rings is 1. The minimum atomic E-state index is 0.696. The third-order valence-corrected chi connectivity index (χ3v) is 4.67. The predicted octanol–water partition coefficient (Wildman–Crippen LogP) is 4.65. The molecule has 0 fully saturated rings. The highest BCUT2D eigenvalue weighted by atomic mass is 79.9. The molecule has 2 heterocycles. The van der Waals surface area contributed by atoms with Crippen molar-refractivity contribution in [3.05, 3.63) is 64.0 Å². The first-order chi connectivity index (χ1) is 10.8. The maximum absolute atomic E-state index is 4.85. The van der Waals surface area contributed by atoms with Crippen molar-refractivity contribution >= 4 is 32.5 Å². The van der Waals surface area contributed by atoms with Crippen LogP contribution in [0, 0.1) is 0 Å². The minimum absolute atomic E-state index is 0.696. The Labute approximate surface area is 137 Å². The molecule has 0 saturated carbocycles. The zero-order chi connectivity index (χ0) is 14.9. The third-order valence-electron chi connectivity index (χ3n) is 4.17. The van der Waals surface area contributed by atoms with Gasteiger partial charge in [0, 0.05) is 27.8 Å². The normalized spacial score (nSPS) is 16.1. The summed E-state index contributed by atoms with van der Waals surface area (Å²) in [7, 11) is 0. The van der Waals surface area contributed by atoms with Crippen LogP contribution in [0.2, 0.25) is 0 Å². The van der Waals surface area contributed by atoms with E-state index < -0.39 is 0 Å². The Morgan fingerprint density at radius 2 is 2.18 bits per heavy atom. The number of halogens is 1. The average molecular weight is 354 g/mol. The van der Waals surface area contributed by atoms with Crippen LogP contribution >= 0.6 is 15.9 Å². The number of hydrogen-bond acceptors (Lipinski definition) is 2. The van der Waals surface area contributed by atoms with Crippen LogP contribution < -0.4 is 0 Å². The number of fused-ring (bicyclic) bond motifs is 3. The smallest absolute Gasteiger partial charge is 0.0658 e. The van der Waals surface area contributed by atoms with Gasteiger partial charge < -0.3 is 4.98 Å². The SMILES string of the molecule is Brc1ccc2[nH]c3c(c2c1)CCCC3=NCc1cccnc1. The van der Waals surface area contributed by atoms with Crippen molar-refractivity contribution in [3.8, 4) is 0 Å². The van der Waals surface area contributed by atoms with Crippen molar-refractivity contribution in [2.24, 2.45) is 4.99 Å². The molecule has 0 bridgehead atoms. The van der Waals surface area contributed by atoms with Crippen LogP contribution in [0.5, 0.6) is 0 Å². The van der Waals surface area contributed by atoms with Gasteiger partial charge in [-0.25, -0.2) is 0 Å². The van der Waals surface area contributed by atoms with Gasteiger partial charge in [0.05, 0.1) is 18.0 Å². The van der Waals surface area contributed by atoms with Crippen LogP contribution in [0.1, 0.15) is 29.7 Å². The first-order valence-corrected chi connectivity index (χ1v) is 8.33. The number of aromatic amines is 1. The summed E-state index contributed by atoms with van der Waals surface area (Å²) in [6.07, 6.45) is 7.01. The molecule has 2 aromatic heterocycles. The number of rotatable bonds is 2. The van der Waals surface area contributed by atoms with Crippen molar-refractivity contribution < 1.29 is 0 Å². The molecule has 3 nitrogen and oxygen atoms in total. The fraction of sp³-hybridized carbons (Fsp3) is 0.222. The summed E-state index contributed by atoms with van der Waals surface area (Å²) in [5.41, 5.74) is 6.18. The van der Waals surface area contributed by atoms with Crippen LogP contribution in [-0.4, -0.2) is 15.7 Å². The van der Waals surface area contributed by atoms with Gasteiger partial charge in [0.25, 0.3) is 0 Å². The molecule has 1 aromatic carbocycles. The van der Waals surface area contributed by atoms with Gasteiger partial charge in [-0.3, -0.25) is 9.98 Å². The van der Waals surface area contributed by atoms with Gasteiger partial charge in [0.1, 0.15) is 0 Å². The second-order valence-corrected chi connectivity index (χ2v) is 6.56. The maximum Gasteiger partial charge on any atom is 0.0658 e. The number of aryl methyl sites for hydroxylation is 1. The molecule has 3 aromatic rings. The monoisotopic (exact) mass is 353 g/mol. The topological polar surface area (TPSA) is 41.0 Å². The first-order valence-electron chi connectivity index (χ1n) is 7.54. The third kappa shape index (κ3) is 2.48. The Balaban J connectivity index is 1.74. The van der Waals surface area contributed by atoms with Crippen molar-refractivity contribution in [2.45, 2.75) is 25.8 Å². The van der Waals surface area contributed by atoms with Gasteiger partial charge in [0.15, 0.2) is 0 Å². The van der Waals surface area contributed by atoms with E-state index in [1.807, 2.05) is 12.3 Å². The molecular weight excluding hydrogens is 338 g/mol. The highest BCUT2D eigenvalue weighted by molar-refractivity contribution is 9.10. The Bertz CT molecular complexity index is 849. The number of nitrogens with one attached hydrogen (secondary N) is 1. The zero-order valence-corrected chi connectivity index (χ0v) is 13.7. The van der Waals surface area contributed by atoms with Gasteiger partial charge in [-0.1, -0.05) is 22.0 Å². The van der Waals surface area contributed by atoms with Crippen LogP contribution in [0.25, 0.3) is 10.9 Å². The summed E-state index contributed by atoms with van der Waals surface area (Å²) in [5, 5.41) is 1.32. The van der Waals surface area contributed by atoms with E-state index in [0.717, 1.165) is 22.9 Å². The van der Waals surface area contributed by atoms with E-state index in [-0.39, 0.29) is 0 Å². The molecule has 1 aliphatic carbocycles. The van der Waals surface area contributed by atoms with Crippen LogP contribution in [0.4, 0.5) is 0 Å². The fourth-order valence-corrected chi connectivity index (χ4v) is 3.48. The first kappa shape index (κ1) is 13.7. The lowest BCUT2D eigenvalue weighted by molar-refractivity contribution is 0.833. The summed E-state index contributed by atoms with van der Waals surface area (Å²) in [6, 6.07) is 10.5. The van der Waals surface area contributed by atoms with Gasteiger partial charge in [0.2, 0.25) is 0 Å². The van der Waals surface area contributed by atoms with E-state index in [2.05, 4.69) is 50.2 Å². The zero-order valence-electron chi connectivity index (χ0n) is 12.1. The molecule has 0 amide bonds. The predicted molar refractivity (Wildman–Crippen MR) is 93.4 cm³/mol. The van der Waals surface area contributed by atoms with Gasteiger partial charge in [-0.05, 0) is 54.7 Å². The summed E-state index contributed by atoms with van der Waals surface area (Å²) >= 11 is 3.57. The lowest BCUT2D eigenvalue weighted by Gasteiger charge is -2.14. The molecule has 22 heavy (non-hydrogen) atoms. The summed E-state index contributed by atoms with van der Waals surface area (Å²) in [4.78, 5) is 12.6. The van der Waals surface area contributed by atoms with Gasteiger partial charge >= 0.3 is 0 Å². The molecule has 0 atom stereocenters. The van der Waals surface area contributed by atoms with Crippen molar-refractivity contribution in [2.75, 3.05) is 0 Å².